The van der Waals surface area contributed by atoms with Crippen LogP contribution in [0.4, 0.5) is 0 Å². The summed E-state index contributed by atoms with van der Waals surface area (Å²) < 4.78 is 0. The Morgan fingerprint density at radius 3 is 2.31 bits per heavy atom. The molecule has 1 unspecified atom stereocenters. The molecule has 0 heterocycles. The second-order valence-electron chi connectivity index (χ2n) is 3.86. The van der Waals surface area contributed by atoms with Gasteiger partial charge < -0.3 is 10.2 Å². The summed E-state index contributed by atoms with van der Waals surface area (Å²) in [5.74, 6) is -2.69. The minimum absolute atomic E-state index is 0.472. The maximum Gasteiger partial charge on any atom is 0.310 e. The summed E-state index contributed by atoms with van der Waals surface area (Å²) in [7, 11) is 0. The molecule has 1 fully saturated rings. The number of hydrogen-bond acceptors (Lipinski definition) is 2. The van der Waals surface area contributed by atoms with Crippen LogP contribution in [0.1, 0.15) is 32.6 Å². The van der Waals surface area contributed by atoms with Crippen LogP contribution in [0.3, 0.4) is 0 Å². The molecule has 1 saturated carbocycles. The monoisotopic (exact) mass is 186 g/mol. The van der Waals surface area contributed by atoms with Crippen molar-refractivity contribution in [1.29, 1.82) is 0 Å². The highest BCUT2D eigenvalue weighted by molar-refractivity contribution is 5.83. The fourth-order valence-corrected chi connectivity index (χ4v) is 1.99. The van der Waals surface area contributed by atoms with Gasteiger partial charge >= 0.3 is 11.9 Å². The molecular formula is C9H14O4. The molecule has 2 atom stereocenters. The third kappa shape index (κ3) is 1.66. The van der Waals surface area contributed by atoms with Crippen molar-refractivity contribution in [3.63, 3.8) is 0 Å². The van der Waals surface area contributed by atoms with E-state index in [1.54, 1.807) is 0 Å². The Balaban J connectivity index is 2.89. The van der Waals surface area contributed by atoms with Crippen molar-refractivity contribution in [2.75, 3.05) is 0 Å². The summed E-state index contributed by atoms with van der Waals surface area (Å²) >= 11 is 0. The van der Waals surface area contributed by atoms with E-state index in [9.17, 15) is 9.59 Å². The average molecular weight is 186 g/mol. The Labute approximate surface area is 76.6 Å². The largest absolute Gasteiger partial charge is 0.481 e. The van der Waals surface area contributed by atoms with Crippen LogP contribution in [0.15, 0.2) is 0 Å². The highest BCUT2D eigenvalue weighted by Gasteiger charge is 2.46. The minimum atomic E-state index is -1.07. The zero-order chi connectivity index (χ0) is 10.1. The summed E-state index contributed by atoms with van der Waals surface area (Å²) in [4.78, 5) is 21.7. The Morgan fingerprint density at radius 1 is 1.31 bits per heavy atom. The Kier molecular flexibility index (Phi) is 2.59. The van der Waals surface area contributed by atoms with Gasteiger partial charge in [-0.3, -0.25) is 9.59 Å². The normalized spacial score (nSPS) is 34.1. The lowest BCUT2D eigenvalue weighted by Gasteiger charge is -2.34. The maximum atomic E-state index is 10.9. The van der Waals surface area contributed by atoms with E-state index in [0.717, 1.165) is 12.8 Å². The van der Waals surface area contributed by atoms with E-state index < -0.39 is 23.3 Å². The molecule has 0 aromatic heterocycles. The van der Waals surface area contributed by atoms with E-state index in [1.807, 2.05) is 0 Å². The van der Waals surface area contributed by atoms with Crippen molar-refractivity contribution >= 4 is 11.9 Å². The molecule has 0 bridgehead atoms. The van der Waals surface area contributed by atoms with Crippen LogP contribution < -0.4 is 0 Å². The molecule has 1 aliphatic carbocycles. The third-order valence-corrected chi connectivity index (χ3v) is 2.99. The van der Waals surface area contributed by atoms with Gasteiger partial charge in [0, 0.05) is 0 Å². The fourth-order valence-electron chi connectivity index (χ4n) is 1.99. The van der Waals surface area contributed by atoms with Crippen LogP contribution in [-0.4, -0.2) is 22.2 Å². The van der Waals surface area contributed by atoms with Gasteiger partial charge in [0.15, 0.2) is 0 Å². The maximum absolute atomic E-state index is 10.9. The van der Waals surface area contributed by atoms with Crippen LogP contribution in [0.2, 0.25) is 0 Å². The van der Waals surface area contributed by atoms with Crippen molar-refractivity contribution < 1.29 is 19.8 Å². The molecule has 0 saturated heterocycles. The first-order valence-corrected chi connectivity index (χ1v) is 4.44. The molecule has 0 radical (unpaired) electrons. The summed E-state index contributed by atoms with van der Waals surface area (Å²) in [6, 6.07) is 0. The van der Waals surface area contributed by atoms with E-state index in [-0.39, 0.29) is 0 Å². The van der Waals surface area contributed by atoms with Crippen LogP contribution in [0.5, 0.6) is 0 Å². The van der Waals surface area contributed by atoms with E-state index in [1.165, 1.54) is 6.92 Å². The number of carboxylic acid groups (broad SMARTS) is 2. The van der Waals surface area contributed by atoms with Crippen molar-refractivity contribution in [1.82, 2.24) is 0 Å². The predicted molar refractivity (Wildman–Crippen MR) is 45.3 cm³/mol. The van der Waals surface area contributed by atoms with Gasteiger partial charge in [0.2, 0.25) is 0 Å². The molecule has 0 aliphatic heterocycles. The van der Waals surface area contributed by atoms with Gasteiger partial charge in [-0.15, -0.1) is 0 Å². The molecule has 4 nitrogen and oxygen atoms in total. The lowest BCUT2D eigenvalue weighted by Crippen LogP contribution is -2.42. The second-order valence-corrected chi connectivity index (χ2v) is 3.86. The molecule has 2 N–H and O–H groups in total. The molecule has 0 spiro atoms. The number of aliphatic carboxylic acids is 2. The molecule has 4 heteroatoms. The zero-order valence-electron chi connectivity index (χ0n) is 7.62. The fraction of sp³-hybridized carbons (Fsp3) is 0.778. The van der Waals surface area contributed by atoms with Gasteiger partial charge in [-0.05, 0) is 19.8 Å². The van der Waals surface area contributed by atoms with Gasteiger partial charge in [-0.25, -0.2) is 0 Å². The lowest BCUT2D eigenvalue weighted by atomic mass is 9.67. The second kappa shape index (κ2) is 3.36. The quantitative estimate of drug-likeness (QED) is 0.682. The van der Waals surface area contributed by atoms with E-state index in [4.69, 9.17) is 10.2 Å². The van der Waals surface area contributed by atoms with Crippen LogP contribution in [-0.2, 0) is 9.59 Å². The molecule has 1 aliphatic rings. The lowest BCUT2D eigenvalue weighted by molar-refractivity contribution is -0.164. The van der Waals surface area contributed by atoms with Crippen molar-refractivity contribution in [3.8, 4) is 0 Å². The highest BCUT2D eigenvalue weighted by atomic mass is 16.4. The van der Waals surface area contributed by atoms with Crippen LogP contribution >= 0.6 is 0 Å². The Hall–Kier alpha value is -1.06. The standard InChI is InChI=1S/C9H14O4/c1-9(8(12)13)5-3-2-4-6(9)7(10)11/h6H,2-5H2,1H3,(H,10,11)(H,12,13)/t6?,9-/m1/s1. The summed E-state index contributed by atoms with van der Waals surface area (Å²) in [6.07, 6.45) is 2.59. The van der Waals surface area contributed by atoms with Crippen molar-refractivity contribution in [2.45, 2.75) is 32.6 Å². The minimum Gasteiger partial charge on any atom is -0.481 e. The first kappa shape index (κ1) is 10.0. The molecule has 74 valence electrons. The third-order valence-electron chi connectivity index (χ3n) is 2.99. The van der Waals surface area contributed by atoms with Crippen LogP contribution in [0, 0.1) is 11.3 Å². The summed E-state index contributed by atoms with van der Waals surface area (Å²) in [5, 5.41) is 17.8. The van der Waals surface area contributed by atoms with Gasteiger partial charge in [-0.2, -0.15) is 0 Å². The molecular weight excluding hydrogens is 172 g/mol. The van der Waals surface area contributed by atoms with Gasteiger partial charge in [-0.1, -0.05) is 12.8 Å². The van der Waals surface area contributed by atoms with E-state index >= 15 is 0 Å². The summed E-state index contributed by atoms with van der Waals surface area (Å²) in [5.41, 5.74) is -1.07. The molecule has 0 amide bonds. The number of carboxylic acids is 2. The SMILES string of the molecule is C[C@@]1(C(=O)O)CCCCC1C(=O)O. The molecule has 0 aromatic rings. The topological polar surface area (TPSA) is 74.6 Å². The van der Waals surface area contributed by atoms with E-state index in [0.29, 0.717) is 12.8 Å². The molecule has 1 rings (SSSR count). The first-order valence-electron chi connectivity index (χ1n) is 4.44. The molecule has 0 aromatic carbocycles. The van der Waals surface area contributed by atoms with Crippen LogP contribution in [0.25, 0.3) is 0 Å². The van der Waals surface area contributed by atoms with Gasteiger partial charge in [0.1, 0.15) is 0 Å². The van der Waals surface area contributed by atoms with Crippen molar-refractivity contribution in [2.24, 2.45) is 11.3 Å². The number of hydrogen-bond donors (Lipinski definition) is 2. The highest BCUT2D eigenvalue weighted by Crippen LogP contribution is 2.41. The number of carbonyl (C=O) groups is 2. The van der Waals surface area contributed by atoms with Crippen molar-refractivity contribution in [3.05, 3.63) is 0 Å². The zero-order valence-corrected chi connectivity index (χ0v) is 7.62. The first-order chi connectivity index (χ1) is 5.98. The average Bonchev–Trinajstić information content (AvgIpc) is 2.04. The van der Waals surface area contributed by atoms with E-state index in [2.05, 4.69) is 0 Å². The molecule has 13 heavy (non-hydrogen) atoms. The predicted octanol–water partition coefficient (Wildman–Crippen LogP) is 1.35. The Morgan fingerprint density at radius 2 is 1.92 bits per heavy atom. The summed E-state index contributed by atoms with van der Waals surface area (Å²) in [6.45, 7) is 1.54. The van der Waals surface area contributed by atoms with Gasteiger partial charge in [0.25, 0.3) is 0 Å². The Bertz CT molecular complexity index is 236. The van der Waals surface area contributed by atoms with Gasteiger partial charge in [0.05, 0.1) is 11.3 Å². The number of rotatable bonds is 2. The smallest absolute Gasteiger partial charge is 0.310 e.